The highest BCUT2D eigenvalue weighted by molar-refractivity contribution is 5.55. The van der Waals surface area contributed by atoms with Crippen molar-refractivity contribution in [3.63, 3.8) is 0 Å². The summed E-state index contributed by atoms with van der Waals surface area (Å²) in [5, 5.41) is 0. The Hall–Kier alpha value is -2.20. The number of aryl methyl sites for hydroxylation is 2. The van der Waals surface area contributed by atoms with Crippen LogP contribution in [-0.4, -0.2) is 33.0 Å². The first kappa shape index (κ1) is 15.3. The smallest absolute Gasteiger partial charge is 0.231 e. The topological polar surface area (TPSA) is 26.1 Å². The molecule has 0 spiro atoms. The van der Waals surface area contributed by atoms with Crippen LogP contribution < -0.4 is 19.3 Å². The van der Waals surface area contributed by atoms with Gasteiger partial charge in [0, 0.05) is 11.3 Å². The number of hydrogen-bond acceptors (Lipinski definition) is 3. The number of fused-ring (bicyclic) bond motifs is 1. The predicted molar refractivity (Wildman–Crippen MR) is 95.1 cm³/mol. The van der Waals surface area contributed by atoms with Gasteiger partial charge in [-0.3, -0.25) is 0 Å². The lowest BCUT2D eigenvalue weighted by Crippen LogP contribution is -3.13. The van der Waals surface area contributed by atoms with Gasteiger partial charge in [0.2, 0.25) is 6.79 Å². The van der Waals surface area contributed by atoms with Crippen LogP contribution in [0, 0.1) is 13.8 Å². The summed E-state index contributed by atoms with van der Waals surface area (Å²) in [5.41, 5.74) is 5.44. The number of nitrogens with one attached hydrogen (secondary N) is 1. The van der Waals surface area contributed by atoms with Gasteiger partial charge in [0.15, 0.2) is 11.5 Å². The molecular weight excluding hydrogens is 300 g/mol. The maximum absolute atomic E-state index is 5.49. The number of hydrogen-bond donors (Lipinski definition) is 1. The van der Waals surface area contributed by atoms with E-state index in [9.17, 15) is 0 Å². The summed E-state index contributed by atoms with van der Waals surface area (Å²) < 4.78 is 10.9. The molecule has 0 aromatic heterocycles. The molecule has 0 atom stereocenters. The van der Waals surface area contributed by atoms with Gasteiger partial charge in [-0.05, 0) is 49.2 Å². The minimum Gasteiger partial charge on any atom is -0.454 e. The summed E-state index contributed by atoms with van der Waals surface area (Å²) in [7, 11) is 0. The highest BCUT2D eigenvalue weighted by Gasteiger charge is 2.22. The number of piperazine rings is 1. The third-order valence-corrected chi connectivity index (χ3v) is 5.07. The molecule has 1 saturated heterocycles. The minimum atomic E-state index is 0.347. The Morgan fingerprint density at radius 1 is 0.958 bits per heavy atom. The Kier molecular flexibility index (Phi) is 4.07. The van der Waals surface area contributed by atoms with Crippen LogP contribution in [-0.2, 0) is 6.54 Å². The second kappa shape index (κ2) is 6.36. The highest BCUT2D eigenvalue weighted by Crippen LogP contribution is 2.32. The molecule has 0 amide bonds. The van der Waals surface area contributed by atoms with Gasteiger partial charge >= 0.3 is 0 Å². The standard InChI is InChI=1S/C20H24N2O2/c1-15-3-4-16(2)18(11-15)22-9-7-21(8-10-22)13-17-5-6-19-20(12-17)24-14-23-19/h3-6,11-12H,7-10,13-14H2,1-2H3/p+1. The lowest BCUT2D eigenvalue weighted by atomic mass is 10.1. The van der Waals surface area contributed by atoms with Crippen molar-refractivity contribution in [2.24, 2.45) is 0 Å². The maximum Gasteiger partial charge on any atom is 0.231 e. The average Bonchev–Trinajstić information content (AvgIpc) is 3.06. The van der Waals surface area contributed by atoms with Crippen molar-refractivity contribution in [1.29, 1.82) is 0 Å². The van der Waals surface area contributed by atoms with Gasteiger partial charge in [-0.25, -0.2) is 0 Å². The summed E-state index contributed by atoms with van der Waals surface area (Å²) in [5.74, 6) is 1.76. The summed E-state index contributed by atoms with van der Waals surface area (Å²) in [6.07, 6.45) is 0. The third-order valence-electron chi connectivity index (χ3n) is 5.07. The van der Waals surface area contributed by atoms with Crippen molar-refractivity contribution in [1.82, 2.24) is 0 Å². The van der Waals surface area contributed by atoms with Crippen LogP contribution in [0.15, 0.2) is 36.4 Å². The maximum atomic E-state index is 5.49. The van der Waals surface area contributed by atoms with Gasteiger partial charge in [-0.1, -0.05) is 12.1 Å². The fourth-order valence-corrected chi connectivity index (χ4v) is 3.64. The van der Waals surface area contributed by atoms with Gasteiger partial charge in [0.25, 0.3) is 0 Å². The Morgan fingerprint density at radius 2 is 1.75 bits per heavy atom. The molecule has 1 N–H and O–H groups in total. The van der Waals surface area contributed by atoms with Crippen molar-refractivity contribution in [2.75, 3.05) is 37.9 Å². The molecule has 4 nitrogen and oxygen atoms in total. The number of quaternary nitrogens is 1. The first-order chi connectivity index (χ1) is 11.7. The molecule has 2 aliphatic heterocycles. The molecule has 2 aliphatic rings. The molecule has 0 radical (unpaired) electrons. The van der Waals surface area contributed by atoms with Gasteiger partial charge < -0.3 is 19.3 Å². The van der Waals surface area contributed by atoms with Crippen LogP contribution in [0.2, 0.25) is 0 Å². The van der Waals surface area contributed by atoms with Crippen LogP contribution in [0.4, 0.5) is 5.69 Å². The summed E-state index contributed by atoms with van der Waals surface area (Å²) >= 11 is 0. The van der Waals surface area contributed by atoms with E-state index in [2.05, 4.69) is 49.1 Å². The second-order valence-electron chi connectivity index (χ2n) is 6.89. The number of benzene rings is 2. The Morgan fingerprint density at radius 3 is 2.58 bits per heavy atom. The van der Waals surface area contributed by atoms with Gasteiger partial charge in [0.1, 0.15) is 6.54 Å². The van der Waals surface area contributed by atoms with Crippen LogP contribution in [0.3, 0.4) is 0 Å². The van der Waals surface area contributed by atoms with E-state index in [1.54, 1.807) is 4.90 Å². The van der Waals surface area contributed by atoms with Crippen LogP contribution in [0.25, 0.3) is 0 Å². The van der Waals surface area contributed by atoms with Crippen LogP contribution >= 0.6 is 0 Å². The number of anilines is 1. The zero-order valence-corrected chi connectivity index (χ0v) is 14.5. The largest absolute Gasteiger partial charge is 0.454 e. The molecule has 2 aromatic rings. The molecule has 0 bridgehead atoms. The quantitative estimate of drug-likeness (QED) is 0.934. The summed E-state index contributed by atoms with van der Waals surface area (Å²) in [4.78, 5) is 4.17. The summed E-state index contributed by atoms with van der Waals surface area (Å²) in [6, 6.07) is 13.1. The zero-order chi connectivity index (χ0) is 16.5. The van der Waals surface area contributed by atoms with Crippen molar-refractivity contribution in [3.05, 3.63) is 53.1 Å². The number of rotatable bonds is 3. The van der Waals surface area contributed by atoms with E-state index in [-0.39, 0.29) is 0 Å². The fourth-order valence-electron chi connectivity index (χ4n) is 3.64. The van der Waals surface area contributed by atoms with E-state index in [0.29, 0.717) is 6.79 Å². The SMILES string of the molecule is Cc1ccc(C)c(N2CC[NH+](Cc3ccc4c(c3)OCO4)CC2)c1. The highest BCUT2D eigenvalue weighted by atomic mass is 16.7. The molecule has 4 rings (SSSR count). The van der Waals surface area contributed by atoms with Crippen LogP contribution in [0.5, 0.6) is 11.5 Å². The molecule has 4 heteroatoms. The molecule has 1 fully saturated rings. The first-order valence-corrected chi connectivity index (χ1v) is 8.73. The molecule has 2 aromatic carbocycles. The van der Waals surface area contributed by atoms with E-state index >= 15 is 0 Å². The average molecular weight is 325 g/mol. The molecule has 0 unspecified atom stereocenters. The fraction of sp³-hybridized carbons (Fsp3) is 0.400. The van der Waals surface area contributed by atoms with E-state index in [1.165, 1.54) is 35.5 Å². The predicted octanol–water partition coefficient (Wildman–Crippen LogP) is 1.94. The Bertz CT molecular complexity index is 736. The van der Waals surface area contributed by atoms with Crippen molar-refractivity contribution >= 4 is 5.69 Å². The lowest BCUT2D eigenvalue weighted by Gasteiger charge is -2.34. The van der Waals surface area contributed by atoms with E-state index in [1.807, 2.05) is 6.07 Å². The van der Waals surface area contributed by atoms with Gasteiger partial charge in [-0.15, -0.1) is 0 Å². The molecule has 0 aliphatic carbocycles. The Balaban J connectivity index is 1.38. The molecular formula is C20H25N2O2+. The molecule has 24 heavy (non-hydrogen) atoms. The first-order valence-electron chi connectivity index (χ1n) is 8.73. The second-order valence-corrected chi connectivity index (χ2v) is 6.89. The minimum absolute atomic E-state index is 0.347. The van der Waals surface area contributed by atoms with E-state index in [0.717, 1.165) is 31.1 Å². The number of ether oxygens (including phenoxy) is 2. The van der Waals surface area contributed by atoms with Crippen molar-refractivity contribution in [3.8, 4) is 11.5 Å². The molecule has 126 valence electrons. The normalized spacial score (nSPS) is 17.3. The third kappa shape index (κ3) is 3.06. The zero-order valence-electron chi connectivity index (χ0n) is 14.5. The van der Waals surface area contributed by atoms with E-state index in [4.69, 9.17) is 9.47 Å². The van der Waals surface area contributed by atoms with Crippen LogP contribution in [0.1, 0.15) is 16.7 Å². The lowest BCUT2D eigenvalue weighted by molar-refractivity contribution is -0.914. The molecule has 0 saturated carbocycles. The molecule has 2 heterocycles. The number of nitrogens with zero attached hydrogens (tertiary/aromatic N) is 1. The summed E-state index contributed by atoms with van der Waals surface area (Å²) in [6.45, 7) is 10.3. The van der Waals surface area contributed by atoms with E-state index < -0.39 is 0 Å². The Labute approximate surface area is 143 Å². The van der Waals surface area contributed by atoms with Gasteiger partial charge in [-0.2, -0.15) is 0 Å². The van der Waals surface area contributed by atoms with Crippen molar-refractivity contribution < 1.29 is 14.4 Å². The monoisotopic (exact) mass is 325 g/mol. The van der Waals surface area contributed by atoms with Crippen molar-refractivity contribution in [2.45, 2.75) is 20.4 Å². The van der Waals surface area contributed by atoms with Gasteiger partial charge in [0.05, 0.1) is 26.2 Å².